The Labute approximate surface area is 168 Å². The maximum absolute atomic E-state index is 13.3. The minimum absolute atomic E-state index is 0.118. The first-order valence-corrected chi connectivity index (χ1v) is 9.76. The second-order valence-electron chi connectivity index (χ2n) is 6.02. The Hall–Kier alpha value is -3.21. The summed E-state index contributed by atoms with van der Waals surface area (Å²) < 4.78 is 98.6. The van der Waals surface area contributed by atoms with Crippen LogP contribution in [0.25, 0.3) is 0 Å². The Balaban J connectivity index is 1.88. The highest BCUT2D eigenvalue weighted by Gasteiger charge is 2.37. The number of nitrogens with one attached hydrogen (secondary N) is 1. The predicted molar refractivity (Wildman–Crippen MR) is 97.2 cm³/mol. The molecule has 0 amide bonds. The van der Waals surface area contributed by atoms with E-state index in [1.807, 2.05) is 4.72 Å². The standard InChI is InChI=1S/C19H13F5N2O3S/c20-13-8-12(9-14(21)10-13)11-29-16-5-3-7-25-18(16)26-30(27,28)17-6-2-1-4-15(17)19(22,23)24/h1-10H,11H2,(H,25,26). The summed E-state index contributed by atoms with van der Waals surface area (Å²) in [5, 5.41) is 0. The van der Waals surface area contributed by atoms with Crippen LogP contribution in [0.1, 0.15) is 11.1 Å². The molecule has 5 nitrogen and oxygen atoms in total. The van der Waals surface area contributed by atoms with Crippen molar-refractivity contribution < 1.29 is 35.1 Å². The van der Waals surface area contributed by atoms with Gasteiger partial charge in [-0.3, -0.25) is 4.72 Å². The van der Waals surface area contributed by atoms with Gasteiger partial charge in [0.15, 0.2) is 11.6 Å². The number of halogens is 5. The fraction of sp³-hybridized carbons (Fsp3) is 0.105. The van der Waals surface area contributed by atoms with Crippen molar-refractivity contribution >= 4 is 15.8 Å². The molecule has 0 fully saturated rings. The molecule has 0 saturated heterocycles. The molecule has 0 radical (unpaired) electrons. The van der Waals surface area contributed by atoms with Crippen molar-refractivity contribution in [3.8, 4) is 5.75 Å². The lowest BCUT2D eigenvalue weighted by molar-refractivity contribution is -0.139. The minimum atomic E-state index is -4.89. The molecule has 3 aromatic rings. The summed E-state index contributed by atoms with van der Waals surface area (Å²) in [6.45, 7) is -0.339. The Morgan fingerprint density at radius 2 is 1.63 bits per heavy atom. The molecule has 0 aliphatic carbocycles. The number of nitrogens with zero attached hydrogens (tertiary/aromatic N) is 1. The predicted octanol–water partition coefficient (Wildman–Crippen LogP) is 4.76. The number of pyridine rings is 1. The molecule has 1 aromatic heterocycles. The minimum Gasteiger partial charge on any atom is -0.485 e. The number of rotatable bonds is 6. The summed E-state index contributed by atoms with van der Waals surface area (Å²) in [4.78, 5) is 2.80. The number of hydrogen-bond donors (Lipinski definition) is 1. The van der Waals surface area contributed by atoms with E-state index < -0.39 is 38.3 Å². The van der Waals surface area contributed by atoms with Crippen molar-refractivity contribution in [3.63, 3.8) is 0 Å². The van der Waals surface area contributed by atoms with E-state index in [1.54, 1.807) is 0 Å². The molecular weight excluding hydrogens is 431 g/mol. The first-order chi connectivity index (χ1) is 14.1. The zero-order chi connectivity index (χ0) is 21.9. The molecule has 30 heavy (non-hydrogen) atoms. The largest absolute Gasteiger partial charge is 0.485 e. The van der Waals surface area contributed by atoms with Gasteiger partial charge in [0, 0.05) is 12.3 Å². The van der Waals surface area contributed by atoms with E-state index in [0.29, 0.717) is 12.1 Å². The summed E-state index contributed by atoms with van der Waals surface area (Å²) in [6.07, 6.45) is -3.70. The Bertz CT molecular complexity index is 1150. The van der Waals surface area contributed by atoms with Gasteiger partial charge in [-0.25, -0.2) is 22.2 Å². The van der Waals surface area contributed by atoms with Gasteiger partial charge in [0.25, 0.3) is 10.0 Å². The van der Waals surface area contributed by atoms with Crippen molar-refractivity contribution in [1.82, 2.24) is 4.98 Å². The van der Waals surface area contributed by atoms with E-state index in [-0.39, 0.29) is 23.7 Å². The van der Waals surface area contributed by atoms with Gasteiger partial charge < -0.3 is 4.74 Å². The number of anilines is 1. The molecule has 3 rings (SSSR count). The maximum Gasteiger partial charge on any atom is 0.417 e. The molecule has 0 saturated carbocycles. The van der Waals surface area contributed by atoms with E-state index >= 15 is 0 Å². The number of sulfonamides is 1. The van der Waals surface area contributed by atoms with Gasteiger partial charge in [0.2, 0.25) is 0 Å². The summed E-state index contributed by atoms with van der Waals surface area (Å²) in [6, 6.07) is 9.07. The molecule has 0 aliphatic rings. The summed E-state index contributed by atoms with van der Waals surface area (Å²) in [5.74, 6) is -2.18. The van der Waals surface area contributed by atoms with Crippen LogP contribution in [0, 0.1) is 11.6 Å². The topological polar surface area (TPSA) is 68.3 Å². The normalized spacial score (nSPS) is 11.9. The van der Waals surface area contributed by atoms with Crippen molar-refractivity contribution in [2.24, 2.45) is 0 Å². The lowest BCUT2D eigenvalue weighted by Gasteiger charge is -2.15. The number of alkyl halides is 3. The molecule has 2 aromatic carbocycles. The van der Waals surface area contributed by atoms with Gasteiger partial charge in [-0.2, -0.15) is 13.2 Å². The monoisotopic (exact) mass is 444 g/mol. The quantitative estimate of drug-likeness (QED) is 0.557. The number of hydrogen-bond acceptors (Lipinski definition) is 4. The molecular formula is C19H13F5N2O3S. The lowest BCUT2D eigenvalue weighted by atomic mass is 10.2. The van der Waals surface area contributed by atoms with E-state index in [0.717, 1.165) is 30.3 Å². The lowest BCUT2D eigenvalue weighted by Crippen LogP contribution is -2.19. The van der Waals surface area contributed by atoms with Crippen LogP contribution in [0.4, 0.5) is 27.8 Å². The van der Waals surface area contributed by atoms with Crippen LogP contribution in [0.2, 0.25) is 0 Å². The molecule has 11 heteroatoms. The van der Waals surface area contributed by atoms with Crippen molar-refractivity contribution in [3.05, 3.63) is 83.6 Å². The zero-order valence-electron chi connectivity index (χ0n) is 15.0. The van der Waals surface area contributed by atoms with Crippen LogP contribution in [0.15, 0.2) is 65.7 Å². The average Bonchev–Trinajstić information content (AvgIpc) is 2.66. The average molecular weight is 444 g/mol. The second-order valence-corrected chi connectivity index (χ2v) is 7.67. The zero-order valence-corrected chi connectivity index (χ0v) is 15.8. The van der Waals surface area contributed by atoms with Crippen molar-refractivity contribution in [2.75, 3.05) is 4.72 Å². The SMILES string of the molecule is O=S(=O)(Nc1ncccc1OCc1cc(F)cc(F)c1)c1ccccc1C(F)(F)F. The van der Waals surface area contributed by atoms with Crippen LogP contribution in [-0.2, 0) is 22.8 Å². The van der Waals surface area contributed by atoms with E-state index in [1.165, 1.54) is 18.3 Å². The first kappa shape index (κ1) is 21.5. The highest BCUT2D eigenvalue weighted by molar-refractivity contribution is 7.92. The second kappa shape index (κ2) is 8.27. The van der Waals surface area contributed by atoms with Crippen LogP contribution >= 0.6 is 0 Å². The fourth-order valence-electron chi connectivity index (χ4n) is 2.56. The highest BCUT2D eigenvalue weighted by Crippen LogP contribution is 2.35. The van der Waals surface area contributed by atoms with Gasteiger partial charge in [0.05, 0.1) is 10.5 Å². The fourth-order valence-corrected chi connectivity index (χ4v) is 3.81. The van der Waals surface area contributed by atoms with Gasteiger partial charge >= 0.3 is 6.18 Å². The van der Waals surface area contributed by atoms with Gasteiger partial charge in [0.1, 0.15) is 18.2 Å². The van der Waals surface area contributed by atoms with Gasteiger partial charge in [-0.1, -0.05) is 12.1 Å². The smallest absolute Gasteiger partial charge is 0.417 e. The first-order valence-electron chi connectivity index (χ1n) is 8.28. The molecule has 1 N–H and O–H groups in total. The summed E-state index contributed by atoms with van der Waals surface area (Å²) in [7, 11) is -4.68. The van der Waals surface area contributed by atoms with E-state index in [4.69, 9.17) is 4.74 Å². The van der Waals surface area contributed by atoms with Crippen LogP contribution in [-0.4, -0.2) is 13.4 Å². The Kier molecular flexibility index (Phi) is 5.92. The van der Waals surface area contributed by atoms with Crippen molar-refractivity contribution in [2.45, 2.75) is 17.7 Å². The molecule has 0 spiro atoms. The maximum atomic E-state index is 13.3. The number of ether oxygens (including phenoxy) is 1. The summed E-state index contributed by atoms with van der Waals surface area (Å²) >= 11 is 0. The summed E-state index contributed by atoms with van der Waals surface area (Å²) in [5.41, 5.74) is -1.22. The Morgan fingerprint density at radius 3 is 2.30 bits per heavy atom. The molecule has 0 unspecified atom stereocenters. The van der Waals surface area contributed by atoms with Crippen LogP contribution < -0.4 is 9.46 Å². The van der Waals surface area contributed by atoms with Gasteiger partial charge in [-0.05, 0) is 42.0 Å². The van der Waals surface area contributed by atoms with E-state index in [2.05, 4.69) is 4.98 Å². The third-order valence-electron chi connectivity index (χ3n) is 3.80. The number of aromatic nitrogens is 1. The van der Waals surface area contributed by atoms with Crippen LogP contribution in [0.3, 0.4) is 0 Å². The molecule has 0 bridgehead atoms. The third kappa shape index (κ3) is 5.03. The highest BCUT2D eigenvalue weighted by atomic mass is 32.2. The van der Waals surface area contributed by atoms with E-state index in [9.17, 15) is 30.4 Å². The molecule has 158 valence electrons. The Morgan fingerprint density at radius 1 is 0.967 bits per heavy atom. The van der Waals surface area contributed by atoms with Crippen LogP contribution in [0.5, 0.6) is 5.75 Å². The molecule has 0 atom stereocenters. The van der Waals surface area contributed by atoms with Gasteiger partial charge in [-0.15, -0.1) is 0 Å². The molecule has 0 aliphatic heterocycles. The van der Waals surface area contributed by atoms with Crippen molar-refractivity contribution in [1.29, 1.82) is 0 Å². The number of benzene rings is 2. The molecule has 1 heterocycles. The third-order valence-corrected chi connectivity index (χ3v) is 5.20.